The van der Waals surface area contributed by atoms with Gasteiger partial charge in [-0.2, -0.15) is 0 Å². The molecule has 2 nitrogen and oxygen atoms in total. The van der Waals surface area contributed by atoms with Crippen molar-refractivity contribution in [3.63, 3.8) is 0 Å². The number of hydrogen-bond donors (Lipinski definition) is 1. The van der Waals surface area contributed by atoms with E-state index in [1.807, 2.05) is 7.05 Å². The fourth-order valence-corrected chi connectivity index (χ4v) is 1.18. The predicted molar refractivity (Wildman–Crippen MR) is 43.6 cm³/mol. The average Bonchev–Trinajstić information content (AvgIpc) is 2.64. The summed E-state index contributed by atoms with van der Waals surface area (Å²) >= 11 is 0. The molecule has 0 amide bonds. The van der Waals surface area contributed by atoms with Crippen molar-refractivity contribution in [3.8, 4) is 0 Å². The molecule has 0 aromatic heterocycles. The third kappa shape index (κ3) is 1.96. The first-order valence-electron chi connectivity index (χ1n) is 4.12. The third-order valence-electron chi connectivity index (χ3n) is 2.37. The van der Waals surface area contributed by atoms with E-state index >= 15 is 0 Å². The van der Waals surface area contributed by atoms with Crippen molar-refractivity contribution in [2.75, 3.05) is 20.1 Å². The molecule has 0 aromatic carbocycles. The Morgan fingerprint density at radius 2 is 2.10 bits per heavy atom. The minimum atomic E-state index is 0.638. The summed E-state index contributed by atoms with van der Waals surface area (Å²) in [7, 11) is 2.00. The first-order valence-corrected chi connectivity index (χ1v) is 4.12. The molecule has 1 fully saturated rings. The largest absolute Gasteiger partial charge is 0.258 e. The molecule has 10 heavy (non-hydrogen) atoms. The molecule has 1 rings (SSSR count). The van der Waals surface area contributed by atoms with Crippen LogP contribution in [0.1, 0.15) is 26.7 Å². The molecule has 1 aliphatic rings. The van der Waals surface area contributed by atoms with Crippen LogP contribution in [0, 0.1) is 5.41 Å². The minimum absolute atomic E-state index is 0.638. The molecule has 0 aliphatic heterocycles. The van der Waals surface area contributed by atoms with E-state index in [-0.39, 0.29) is 0 Å². The zero-order chi connectivity index (χ0) is 7.61. The van der Waals surface area contributed by atoms with Crippen LogP contribution in [0.25, 0.3) is 0 Å². The lowest BCUT2D eigenvalue weighted by molar-refractivity contribution is 0.181. The maximum absolute atomic E-state index is 3.18. The van der Waals surface area contributed by atoms with E-state index in [2.05, 4.69) is 24.3 Å². The summed E-state index contributed by atoms with van der Waals surface area (Å²) in [5, 5.41) is 2.27. The van der Waals surface area contributed by atoms with Gasteiger partial charge < -0.3 is 0 Å². The van der Waals surface area contributed by atoms with Gasteiger partial charge >= 0.3 is 0 Å². The Balaban J connectivity index is 2.21. The Labute approximate surface area is 63.6 Å². The summed E-state index contributed by atoms with van der Waals surface area (Å²) in [6.45, 7) is 6.85. The first-order chi connectivity index (χ1) is 4.70. The zero-order valence-corrected chi connectivity index (χ0v) is 7.28. The van der Waals surface area contributed by atoms with Gasteiger partial charge in [0.05, 0.1) is 0 Å². The van der Waals surface area contributed by atoms with Crippen LogP contribution in [0.3, 0.4) is 0 Å². The Bertz CT molecular complexity index is 104. The van der Waals surface area contributed by atoms with E-state index in [9.17, 15) is 0 Å². The van der Waals surface area contributed by atoms with Gasteiger partial charge in [0.15, 0.2) is 0 Å². The van der Waals surface area contributed by atoms with E-state index in [0.717, 1.165) is 6.54 Å². The van der Waals surface area contributed by atoms with Crippen molar-refractivity contribution >= 4 is 0 Å². The van der Waals surface area contributed by atoms with Gasteiger partial charge in [0.1, 0.15) is 0 Å². The molecule has 1 saturated carbocycles. The average molecular weight is 142 g/mol. The first kappa shape index (κ1) is 8.02. The highest BCUT2D eigenvalue weighted by atomic mass is 15.5. The van der Waals surface area contributed by atoms with Crippen molar-refractivity contribution in [1.82, 2.24) is 10.4 Å². The molecule has 0 bridgehead atoms. The number of rotatable bonds is 4. The molecule has 0 atom stereocenters. The lowest BCUT2D eigenvalue weighted by Crippen LogP contribution is -2.38. The van der Waals surface area contributed by atoms with E-state index in [1.54, 1.807) is 0 Å². The van der Waals surface area contributed by atoms with E-state index in [4.69, 9.17) is 0 Å². The summed E-state index contributed by atoms with van der Waals surface area (Å²) in [5.41, 5.74) is 3.82. The quantitative estimate of drug-likeness (QED) is 0.594. The van der Waals surface area contributed by atoms with Crippen molar-refractivity contribution in [2.45, 2.75) is 26.7 Å². The summed E-state index contributed by atoms with van der Waals surface area (Å²) in [4.78, 5) is 0. The lowest BCUT2D eigenvalue weighted by atomic mass is 10.1. The highest BCUT2D eigenvalue weighted by molar-refractivity contribution is 4.90. The molecule has 0 saturated heterocycles. The van der Waals surface area contributed by atoms with Gasteiger partial charge in [-0.3, -0.25) is 5.43 Å². The molecule has 0 spiro atoms. The van der Waals surface area contributed by atoms with E-state index in [1.165, 1.54) is 19.4 Å². The Hall–Kier alpha value is -0.0800. The highest BCUT2D eigenvalue weighted by Gasteiger charge is 2.38. The van der Waals surface area contributed by atoms with Crippen LogP contribution < -0.4 is 5.43 Å². The molecule has 0 heterocycles. The zero-order valence-electron chi connectivity index (χ0n) is 7.28. The molecule has 60 valence electrons. The van der Waals surface area contributed by atoms with Gasteiger partial charge in [0.2, 0.25) is 0 Å². The maximum atomic E-state index is 3.18. The second kappa shape index (κ2) is 2.89. The number of nitrogens with zero attached hydrogens (tertiary/aromatic N) is 1. The van der Waals surface area contributed by atoms with Crippen LogP contribution in [0.4, 0.5) is 0 Å². The van der Waals surface area contributed by atoms with Crippen LogP contribution in [-0.4, -0.2) is 25.1 Å². The highest BCUT2D eigenvalue weighted by Crippen LogP contribution is 2.45. The topological polar surface area (TPSA) is 15.3 Å². The van der Waals surface area contributed by atoms with Gasteiger partial charge in [-0.25, -0.2) is 5.01 Å². The summed E-state index contributed by atoms with van der Waals surface area (Å²) in [6.07, 6.45) is 2.82. The van der Waals surface area contributed by atoms with Crippen molar-refractivity contribution < 1.29 is 0 Å². The number of hydrogen-bond acceptors (Lipinski definition) is 2. The van der Waals surface area contributed by atoms with Gasteiger partial charge in [-0.05, 0) is 25.3 Å². The summed E-state index contributed by atoms with van der Waals surface area (Å²) in [6, 6.07) is 0. The molecule has 0 aromatic rings. The Kier molecular flexibility index (Phi) is 2.32. The molecule has 0 unspecified atom stereocenters. The molecular formula is C8H18N2. The standard InChI is InChI=1S/C8H18N2/c1-4-10(9-3)7-8(2)5-6-8/h9H,4-7H2,1-3H3. The fourth-order valence-electron chi connectivity index (χ4n) is 1.18. The monoisotopic (exact) mass is 142 g/mol. The molecule has 0 radical (unpaired) electrons. The fraction of sp³-hybridized carbons (Fsp3) is 1.00. The van der Waals surface area contributed by atoms with Gasteiger partial charge in [-0.1, -0.05) is 13.8 Å². The second-order valence-electron chi connectivity index (χ2n) is 3.55. The van der Waals surface area contributed by atoms with Crippen molar-refractivity contribution in [1.29, 1.82) is 0 Å². The SMILES string of the molecule is CCN(CC1(C)CC1)NC. The Morgan fingerprint density at radius 1 is 1.50 bits per heavy atom. The second-order valence-corrected chi connectivity index (χ2v) is 3.55. The maximum Gasteiger partial charge on any atom is 0.0184 e. The normalized spacial score (nSPS) is 21.6. The Morgan fingerprint density at radius 3 is 2.40 bits per heavy atom. The van der Waals surface area contributed by atoms with Crippen LogP contribution in [0.5, 0.6) is 0 Å². The van der Waals surface area contributed by atoms with Crippen molar-refractivity contribution in [2.24, 2.45) is 5.41 Å². The van der Waals surface area contributed by atoms with Gasteiger partial charge in [-0.15, -0.1) is 0 Å². The smallest absolute Gasteiger partial charge is 0.0184 e. The van der Waals surface area contributed by atoms with Crippen LogP contribution in [0.2, 0.25) is 0 Å². The summed E-state index contributed by atoms with van der Waals surface area (Å²) in [5.74, 6) is 0. The van der Waals surface area contributed by atoms with Gasteiger partial charge in [0, 0.05) is 13.1 Å². The van der Waals surface area contributed by atoms with Crippen molar-refractivity contribution in [3.05, 3.63) is 0 Å². The lowest BCUT2D eigenvalue weighted by Gasteiger charge is -2.22. The molecule has 1 N–H and O–H groups in total. The minimum Gasteiger partial charge on any atom is -0.258 e. The van der Waals surface area contributed by atoms with Crippen LogP contribution in [-0.2, 0) is 0 Å². The molecule has 2 heteroatoms. The molecule has 1 aliphatic carbocycles. The summed E-state index contributed by atoms with van der Waals surface area (Å²) < 4.78 is 0. The number of hydrazine groups is 1. The van der Waals surface area contributed by atoms with Crippen LogP contribution in [0.15, 0.2) is 0 Å². The van der Waals surface area contributed by atoms with E-state index < -0.39 is 0 Å². The third-order valence-corrected chi connectivity index (χ3v) is 2.37. The van der Waals surface area contributed by atoms with Crippen LogP contribution >= 0.6 is 0 Å². The van der Waals surface area contributed by atoms with E-state index in [0.29, 0.717) is 5.41 Å². The van der Waals surface area contributed by atoms with Gasteiger partial charge in [0.25, 0.3) is 0 Å². The predicted octanol–water partition coefficient (Wildman–Crippen LogP) is 1.24. The molecular weight excluding hydrogens is 124 g/mol. The number of nitrogens with one attached hydrogen (secondary N) is 1.